The maximum atomic E-state index is 12.2. The first kappa shape index (κ1) is 15.9. The minimum Gasteiger partial charge on any atom is -0.309 e. The molecule has 24 heavy (non-hydrogen) atoms. The molecule has 3 N–H and O–H groups in total. The summed E-state index contributed by atoms with van der Waals surface area (Å²) >= 11 is 0. The molecule has 7 nitrogen and oxygen atoms in total. The predicted octanol–water partition coefficient (Wildman–Crippen LogP) is 1.32. The molecule has 0 aliphatic heterocycles. The SMILES string of the molecule is CNC(C)C(=O)Nc1ccc2[nH]c(=O)n(Cc3ccccc3)c2n1. The van der Waals surface area contributed by atoms with Crippen molar-refractivity contribution in [3.63, 3.8) is 0 Å². The van der Waals surface area contributed by atoms with E-state index in [-0.39, 0.29) is 17.6 Å². The molecule has 7 heteroatoms. The highest BCUT2D eigenvalue weighted by atomic mass is 16.2. The Balaban J connectivity index is 1.95. The summed E-state index contributed by atoms with van der Waals surface area (Å²) in [7, 11) is 1.71. The van der Waals surface area contributed by atoms with Crippen LogP contribution in [0.4, 0.5) is 5.82 Å². The zero-order valence-corrected chi connectivity index (χ0v) is 13.5. The topological polar surface area (TPSA) is 91.8 Å². The van der Waals surface area contributed by atoms with Crippen molar-refractivity contribution in [1.29, 1.82) is 0 Å². The van der Waals surface area contributed by atoms with Crippen LogP contribution in [-0.2, 0) is 11.3 Å². The summed E-state index contributed by atoms with van der Waals surface area (Å²) in [6.45, 7) is 2.17. The van der Waals surface area contributed by atoms with E-state index in [4.69, 9.17) is 0 Å². The number of amides is 1. The van der Waals surface area contributed by atoms with Crippen molar-refractivity contribution in [3.8, 4) is 0 Å². The Bertz CT molecular complexity index is 914. The first-order valence-electron chi connectivity index (χ1n) is 7.70. The Morgan fingerprint density at radius 1 is 1.25 bits per heavy atom. The maximum absolute atomic E-state index is 12.2. The summed E-state index contributed by atoms with van der Waals surface area (Å²) in [5.74, 6) is 0.229. The Morgan fingerprint density at radius 2 is 2.00 bits per heavy atom. The van der Waals surface area contributed by atoms with E-state index in [2.05, 4.69) is 20.6 Å². The summed E-state index contributed by atoms with van der Waals surface area (Å²) in [5, 5.41) is 5.61. The summed E-state index contributed by atoms with van der Waals surface area (Å²) in [4.78, 5) is 31.4. The number of H-pyrrole nitrogens is 1. The third-order valence-corrected chi connectivity index (χ3v) is 3.88. The van der Waals surface area contributed by atoms with Gasteiger partial charge in [-0.25, -0.2) is 9.78 Å². The first-order valence-corrected chi connectivity index (χ1v) is 7.70. The van der Waals surface area contributed by atoms with Gasteiger partial charge in [0.2, 0.25) is 5.91 Å². The number of nitrogens with zero attached hydrogens (tertiary/aromatic N) is 2. The van der Waals surface area contributed by atoms with Crippen molar-refractivity contribution in [2.24, 2.45) is 0 Å². The number of hydrogen-bond acceptors (Lipinski definition) is 4. The second kappa shape index (κ2) is 6.67. The summed E-state index contributed by atoms with van der Waals surface area (Å²) in [5.41, 5.74) is 1.92. The predicted molar refractivity (Wildman–Crippen MR) is 93.0 cm³/mol. The van der Waals surface area contributed by atoms with Crippen LogP contribution < -0.4 is 16.3 Å². The number of carbonyl (C=O) groups excluding carboxylic acids is 1. The van der Waals surface area contributed by atoms with Crippen molar-refractivity contribution in [2.75, 3.05) is 12.4 Å². The average molecular weight is 325 g/mol. The molecule has 3 rings (SSSR count). The number of pyridine rings is 1. The minimum absolute atomic E-state index is 0.183. The van der Waals surface area contributed by atoms with Crippen LogP contribution in [0.15, 0.2) is 47.3 Å². The van der Waals surface area contributed by atoms with Crippen molar-refractivity contribution in [2.45, 2.75) is 19.5 Å². The highest BCUT2D eigenvalue weighted by molar-refractivity contribution is 5.94. The van der Waals surface area contributed by atoms with E-state index in [1.54, 1.807) is 30.7 Å². The molecule has 1 atom stereocenters. The van der Waals surface area contributed by atoms with Gasteiger partial charge in [-0.05, 0) is 31.7 Å². The maximum Gasteiger partial charge on any atom is 0.327 e. The number of imidazole rings is 1. The number of carbonyl (C=O) groups is 1. The lowest BCUT2D eigenvalue weighted by molar-refractivity contribution is -0.117. The van der Waals surface area contributed by atoms with E-state index in [0.717, 1.165) is 5.56 Å². The van der Waals surface area contributed by atoms with Gasteiger partial charge < -0.3 is 15.6 Å². The van der Waals surface area contributed by atoms with Gasteiger partial charge in [-0.3, -0.25) is 9.36 Å². The molecule has 1 unspecified atom stereocenters. The third kappa shape index (κ3) is 3.21. The van der Waals surface area contributed by atoms with Gasteiger partial charge in [0.15, 0.2) is 5.65 Å². The van der Waals surface area contributed by atoms with Gasteiger partial charge in [-0.1, -0.05) is 30.3 Å². The van der Waals surface area contributed by atoms with E-state index in [0.29, 0.717) is 23.5 Å². The second-order valence-corrected chi connectivity index (χ2v) is 5.57. The van der Waals surface area contributed by atoms with E-state index >= 15 is 0 Å². The lowest BCUT2D eigenvalue weighted by Gasteiger charge is -2.10. The molecule has 124 valence electrons. The van der Waals surface area contributed by atoms with Crippen LogP contribution in [-0.4, -0.2) is 33.5 Å². The molecule has 3 aromatic rings. The van der Waals surface area contributed by atoms with E-state index in [9.17, 15) is 9.59 Å². The van der Waals surface area contributed by atoms with Crippen LogP contribution in [0.1, 0.15) is 12.5 Å². The minimum atomic E-state index is -0.333. The number of aromatic nitrogens is 3. The van der Waals surface area contributed by atoms with Crippen molar-refractivity contribution in [1.82, 2.24) is 19.9 Å². The molecule has 0 bridgehead atoms. The molecule has 0 spiro atoms. The Kier molecular flexibility index (Phi) is 4.43. The van der Waals surface area contributed by atoms with Crippen LogP contribution in [0, 0.1) is 0 Å². The quantitative estimate of drug-likeness (QED) is 0.660. The van der Waals surface area contributed by atoms with Crippen molar-refractivity contribution in [3.05, 3.63) is 58.5 Å². The lowest BCUT2D eigenvalue weighted by atomic mass is 10.2. The fourth-order valence-electron chi connectivity index (χ4n) is 2.38. The van der Waals surface area contributed by atoms with Crippen molar-refractivity contribution < 1.29 is 4.79 Å². The number of fused-ring (bicyclic) bond motifs is 1. The van der Waals surface area contributed by atoms with Gasteiger partial charge in [-0.15, -0.1) is 0 Å². The summed E-state index contributed by atoms with van der Waals surface area (Å²) in [6, 6.07) is 12.8. The Labute approximate surface area is 138 Å². The number of aromatic amines is 1. The highest BCUT2D eigenvalue weighted by Crippen LogP contribution is 2.14. The molecule has 2 heterocycles. The number of anilines is 1. The number of rotatable bonds is 5. The van der Waals surface area contributed by atoms with Crippen LogP contribution >= 0.6 is 0 Å². The molecule has 2 aromatic heterocycles. The molecule has 0 radical (unpaired) electrons. The monoisotopic (exact) mass is 325 g/mol. The summed E-state index contributed by atoms with van der Waals surface area (Å²) < 4.78 is 1.56. The van der Waals surface area contributed by atoms with Crippen LogP contribution in [0.25, 0.3) is 11.2 Å². The average Bonchev–Trinajstić information content (AvgIpc) is 2.90. The fraction of sp³-hybridized carbons (Fsp3) is 0.235. The van der Waals surface area contributed by atoms with Crippen LogP contribution in [0.2, 0.25) is 0 Å². The number of likely N-dealkylation sites (N-methyl/N-ethyl adjacent to an activating group) is 1. The van der Waals surface area contributed by atoms with Gasteiger partial charge >= 0.3 is 5.69 Å². The molecule has 0 aliphatic carbocycles. The lowest BCUT2D eigenvalue weighted by Crippen LogP contribution is -2.35. The van der Waals surface area contributed by atoms with Gasteiger partial charge in [-0.2, -0.15) is 0 Å². The summed E-state index contributed by atoms with van der Waals surface area (Å²) in [6.07, 6.45) is 0. The molecule has 0 saturated carbocycles. The number of nitrogens with one attached hydrogen (secondary N) is 3. The zero-order chi connectivity index (χ0) is 17.1. The number of hydrogen-bond donors (Lipinski definition) is 3. The van der Waals surface area contributed by atoms with Gasteiger partial charge in [0.05, 0.1) is 18.1 Å². The molecular weight excluding hydrogens is 306 g/mol. The molecule has 0 aliphatic rings. The molecular formula is C17H19N5O2. The Morgan fingerprint density at radius 3 is 2.71 bits per heavy atom. The first-order chi connectivity index (χ1) is 11.6. The molecule has 1 aromatic carbocycles. The largest absolute Gasteiger partial charge is 0.327 e. The van der Waals surface area contributed by atoms with Gasteiger partial charge in [0.1, 0.15) is 5.82 Å². The smallest absolute Gasteiger partial charge is 0.309 e. The van der Waals surface area contributed by atoms with Crippen LogP contribution in [0.5, 0.6) is 0 Å². The van der Waals surface area contributed by atoms with Crippen LogP contribution in [0.3, 0.4) is 0 Å². The standard InChI is InChI=1S/C17H19N5O2/c1-11(18-2)16(23)21-14-9-8-13-15(20-14)22(17(24)19-13)10-12-6-4-3-5-7-12/h3-9,11,18H,10H2,1-2H3,(H,19,24)(H,20,21,23). The Hall–Kier alpha value is -2.93. The normalized spacial score (nSPS) is 12.2. The van der Waals surface area contributed by atoms with Gasteiger partial charge in [0.25, 0.3) is 0 Å². The van der Waals surface area contributed by atoms with Crippen molar-refractivity contribution >= 4 is 22.9 Å². The van der Waals surface area contributed by atoms with E-state index < -0.39 is 0 Å². The zero-order valence-electron chi connectivity index (χ0n) is 13.5. The number of benzene rings is 1. The fourth-order valence-corrected chi connectivity index (χ4v) is 2.38. The molecule has 1 amide bonds. The highest BCUT2D eigenvalue weighted by Gasteiger charge is 2.13. The molecule has 0 fully saturated rings. The molecule has 0 saturated heterocycles. The van der Waals surface area contributed by atoms with E-state index in [1.165, 1.54) is 0 Å². The van der Waals surface area contributed by atoms with E-state index in [1.807, 2.05) is 30.3 Å². The van der Waals surface area contributed by atoms with Gasteiger partial charge in [0, 0.05) is 0 Å². The second-order valence-electron chi connectivity index (χ2n) is 5.57. The third-order valence-electron chi connectivity index (χ3n) is 3.88.